The number of rotatable bonds is 6. The molecule has 15 nitrogen and oxygen atoms in total. The molecule has 0 fully saturated rings. The van der Waals surface area contributed by atoms with Gasteiger partial charge in [0.25, 0.3) is 32.1 Å². The number of nitrogens with zero attached hydrogens (tertiary/aromatic N) is 2. The van der Waals surface area contributed by atoms with Crippen molar-refractivity contribution in [3.8, 4) is 0 Å². The van der Waals surface area contributed by atoms with Gasteiger partial charge in [0.15, 0.2) is 11.6 Å². The molecule has 0 radical (unpaired) electrons. The Bertz CT molecular complexity index is 2330. The molecule has 2 aromatic rings. The van der Waals surface area contributed by atoms with Gasteiger partial charge in [0, 0.05) is 33.6 Å². The van der Waals surface area contributed by atoms with E-state index in [1.54, 1.807) is 24.3 Å². The normalized spacial score (nSPS) is 18.9. The van der Waals surface area contributed by atoms with E-state index in [1.165, 1.54) is 60.7 Å². The van der Waals surface area contributed by atoms with Crippen molar-refractivity contribution in [1.82, 2.24) is 0 Å². The second kappa shape index (κ2) is 14.0. The maximum atomic E-state index is 13.1. The number of fused-ring (bicyclic) bond motifs is 2. The summed E-state index contributed by atoms with van der Waals surface area (Å²) in [5.74, 6) is -3.24. The van der Waals surface area contributed by atoms with Crippen LogP contribution in [0.1, 0.15) is 46.4 Å². The van der Waals surface area contributed by atoms with Crippen molar-refractivity contribution < 1.29 is 49.9 Å². The van der Waals surface area contributed by atoms with E-state index in [0.29, 0.717) is 0 Å². The largest absolute Gasteiger partial charge is 0.323 e. The molecule has 0 atom stereocenters. The highest BCUT2D eigenvalue weighted by Gasteiger charge is 2.36. The Kier molecular flexibility index (Phi) is 9.61. The zero-order valence-corrected chi connectivity index (χ0v) is 28.3. The van der Waals surface area contributed by atoms with Gasteiger partial charge >= 0.3 is 6.03 Å². The Morgan fingerprint density at radius 3 is 1.42 bits per heavy atom. The lowest BCUT2D eigenvalue weighted by Gasteiger charge is -2.23. The van der Waals surface area contributed by atoms with Crippen molar-refractivity contribution in [1.29, 1.82) is 0 Å². The molecule has 4 aliphatic rings. The van der Waals surface area contributed by atoms with Gasteiger partial charge in [-0.05, 0) is 60.4 Å². The van der Waals surface area contributed by atoms with Crippen LogP contribution in [0.15, 0.2) is 127 Å². The Hall–Kier alpha value is -6.01. The summed E-state index contributed by atoms with van der Waals surface area (Å²) >= 11 is 0. The molecule has 0 aliphatic heterocycles. The second-order valence-corrected chi connectivity index (χ2v) is 14.5. The smallest absolute Gasteiger partial charge is 0.308 e. The van der Waals surface area contributed by atoms with E-state index in [0.717, 1.165) is 0 Å². The molecule has 0 bridgehead atoms. The number of Topliss-reactive ketones (excluding diaryl/α,β-unsaturated/α-hetero) is 2. The molecule has 4 N–H and O–H groups in total. The number of amides is 4. The molecule has 4 amide bonds. The molecule has 0 aromatic heterocycles. The average Bonchev–Trinajstić information content (AvgIpc) is 3.09. The quantitative estimate of drug-likeness (QED) is 0.300. The van der Waals surface area contributed by atoms with Crippen molar-refractivity contribution in [2.24, 2.45) is 9.98 Å². The first kappa shape index (κ1) is 35.8. The summed E-state index contributed by atoms with van der Waals surface area (Å²) in [5.41, 5.74) is 0.348. The van der Waals surface area contributed by atoms with E-state index in [4.69, 9.17) is 0 Å². The number of ketones is 2. The average molecular weight is 743 g/mol. The fraction of sp³-hybridized carbons (Fsp3) is 0.114. The minimum atomic E-state index is -4.66. The van der Waals surface area contributed by atoms with Crippen LogP contribution in [0.4, 0.5) is 16.2 Å². The molecule has 0 unspecified atom stereocenters. The summed E-state index contributed by atoms with van der Waals surface area (Å²) in [6.45, 7) is 0. The van der Waals surface area contributed by atoms with Gasteiger partial charge in [-0.2, -0.15) is 16.8 Å². The van der Waals surface area contributed by atoms with Crippen LogP contribution >= 0.6 is 0 Å². The predicted octanol–water partition coefficient (Wildman–Crippen LogP) is 4.50. The minimum absolute atomic E-state index is 0.00888. The molecular weight excluding hydrogens is 717 g/mol. The second-order valence-electron chi connectivity index (χ2n) is 11.7. The van der Waals surface area contributed by atoms with Crippen LogP contribution in [-0.2, 0) is 29.8 Å². The number of aliphatic imine (C=N–C) groups is 2. The number of allylic oxidation sites excluding steroid dienone is 12. The molecule has 17 heteroatoms. The summed E-state index contributed by atoms with van der Waals surface area (Å²) in [6, 6.07) is 10.5. The number of hydrogen-bond acceptors (Lipinski definition) is 9. The number of carbonyl (C=O) groups is 5. The van der Waals surface area contributed by atoms with Gasteiger partial charge in [-0.3, -0.25) is 28.3 Å². The zero-order valence-electron chi connectivity index (χ0n) is 26.7. The van der Waals surface area contributed by atoms with E-state index < -0.39 is 72.3 Å². The third-order valence-corrected chi connectivity index (χ3v) is 10.3. The van der Waals surface area contributed by atoms with Crippen LogP contribution in [0.3, 0.4) is 0 Å². The fourth-order valence-electron chi connectivity index (χ4n) is 5.89. The Morgan fingerprint density at radius 2 is 1.04 bits per heavy atom. The van der Waals surface area contributed by atoms with Crippen molar-refractivity contribution in [3.63, 3.8) is 0 Å². The Morgan fingerprint density at radius 1 is 0.635 bits per heavy atom. The molecular formula is C35H26N4O11S2. The van der Waals surface area contributed by atoms with Crippen LogP contribution in [0, 0.1) is 0 Å². The maximum Gasteiger partial charge on any atom is 0.323 e. The van der Waals surface area contributed by atoms with E-state index in [-0.39, 0.29) is 69.1 Å². The Balaban J connectivity index is 1.16. The van der Waals surface area contributed by atoms with Gasteiger partial charge in [-0.25, -0.2) is 14.8 Å². The topological polar surface area (TPSA) is 243 Å². The van der Waals surface area contributed by atoms with E-state index in [9.17, 15) is 49.9 Å². The van der Waals surface area contributed by atoms with Crippen LogP contribution in [-0.4, -0.2) is 66.8 Å². The standard InChI is InChI=1S/C35H26N4O11S2/c40-27-17-29(51(45,46)47)23-11-1-3-13-25(23)31(27)38-33(42)19-7-5-9-21(15-19)36-35(44)37-22-10-6-8-20(16-22)34(43)39-32-26-14-4-2-12-24(26)30(18-28(32)41)52(48,49)50/h1-10,13-16H,11-12,17-18H2,(H2,36,37,44)(H,45,46,47)(H,48,49,50). The van der Waals surface area contributed by atoms with Gasteiger partial charge in [-0.15, -0.1) is 0 Å². The summed E-state index contributed by atoms with van der Waals surface area (Å²) < 4.78 is 66.7. The molecule has 52 heavy (non-hydrogen) atoms. The van der Waals surface area contributed by atoms with Crippen LogP contribution in [0.2, 0.25) is 0 Å². The Labute approximate surface area is 296 Å². The third kappa shape index (κ3) is 7.52. The molecule has 0 heterocycles. The molecule has 2 aromatic carbocycles. The molecule has 0 saturated heterocycles. The number of nitrogens with one attached hydrogen (secondary N) is 2. The highest BCUT2D eigenvalue weighted by Crippen LogP contribution is 2.35. The van der Waals surface area contributed by atoms with Gasteiger partial charge < -0.3 is 10.6 Å². The minimum Gasteiger partial charge on any atom is -0.308 e. The lowest BCUT2D eigenvalue weighted by Crippen LogP contribution is -2.28. The van der Waals surface area contributed by atoms with Crippen molar-refractivity contribution in [2.45, 2.75) is 25.7 Å². The highest BCUT2D eigenvalue weighted by molar-refractivity contribution is 7.90. The van der Waals surface area contributed by atoms with Crippen LogP contribution in [0.25, 0.3) is 0 Å². The summed E-state index contributed by atoms with van der Waals surface area (Å²) in [7, 11) is -9.33. The summed E-state index contributed by atoms with van der Waals surface area (Å²) in [6.07, 6.45) is 8.18. The van der Waals surface area contributed by atoms with Crippen molar-refractivity contribution in [2.75, 3.05) is 10.6 Å². The first-order valence-corrected chi connectivity index (χ1v) is 18.2. The van der Waals surface area contributed by atoms with Gasteiger partial charge in [-0.1, -0.05) is 48.6 Å². The molecule has 6 rings (SSSR count). The summed E-state index contributed by atoms with van der Waals surface area (Å²) in [4.78, 5) is 71.9. The van der Waals surface area contributed by atoms with Crippen molar-refractivity contribution >= 4 is 72.4 Å². The van der Waals surface area contributed by atoms with Crippen LogP contribution < -0.4 is 10.6 Å². The first-order valence-electron chi connectivity index (χ1n) is 15.3. The van der Waals surface area contributed by atoms with E-state index in [1.807, 2.05) is 0 Å². The van der Waals surface area contributed by atoms with Gasteiger partial charge in [0.1, 0.15) is 11.4 Å². The number of hydrogen-bond donors (Lipinski definition) is 4. The lowest BCUT2D eigenvalue weighted by atomic mass is 9.86. The number of carbonyl (C=O) groups excluding carboxylic acids is 5. The molecule has 4 aliphatic carbocycles. The van der Waals surface area contributed by atoms with Crippen molar-refractivity contribution in [3.05, 3.63) is 128 Å². The lowest BCUT2D eigenvalue weighted by molar-refractivity contribution is -0.113. The SMILES string of the molecule is O=C(Nc1cccc(C(=O)N=C2C(=O)CC(S(=O)(=O)O)=C3CC=CC=C23)c1)Nc1cccc(C(=O)N=C2C(=O)CC(S(=O)(=O)O)=C3CC=CC=C23)c1. The van der Waals surface area contributed by atoms with Gasteiger partial charge in [0.05, 0.1) is 22.7 Å². The number of benzene rings is 2. The number of anilines is 2. The van der Waals surface area contributed by atoms with Gasteiger partial charge in [0.2, 0.25) is 0 Å². The molecule has 264 valence electrons. The zero-order chi connectivity index (χ0) is 37.4. The van der Waals surface area contributed by atoms with E-state index in [2.05, 4.69) is 20.6 Å². The highest BCUT2D eigenvalue weighted by atomic mass is 32.2. The maximum absolute atomic E-state index is 13.1. The predicted molar refractivity (Wildman–Crippen MR) is 189 cm³/mol. The van der Waals surface area contributed by atoms with Crippen LogP contribution in [0.5, 0.6) is 0 Å². The van der Waals surface area contributed by atoms with E-state index >= 15 is 0 Å². The monoisotopic (exact) mass is 742 g/mol. The molecule has 0 spiro atoms. The molecule has 0 saturated carbocycles. The first-order chi connectivity index (χ1) is 24.6. The number of urea groups is 1. The fourth-order valence-corrected chi connectivity index (χ4v) is 7.53. The summed E-state index contributed by atoms with van der Waals surface area (Å²) in [5, 5.41) is 5.10. The third-order valence-electron chi connectivity index (χ3n) is 8.23.